The highest BCUT2D eigenvalue weighted by atomic mass is 79.9. The Kier molecular flexibility index (Phi) is 3.92. The van der Waals surface area contributed by atoms with Crippen LogP contribution < -0.4 is 4.90 Å². The molecular formula is C12H11BrClNO3. The third-order valence-electron chi connectivity index (χ3n) is 2.74. The average Bonchev–Trinajstić information content (AvgIpc) is 2.67. The van der Waals surface area contributed by atoms with Gasteiger partial charge in [-0.2, -0.15) is 0 Å². The van der Waals surface area contributed by atoms with Gasteiger partial charge in [0.2, 0.25) is 5.91 Å². The fraction of sp³-hybridized carbons (Fsp3) is 0.333. The zero-order chi connectivity index (χ0) is 13.3. The largest absolute Gasteiger partial charge is 0.465 e. The van der Waals surface area contributed by atoms with Crippen LogP contribution in [0.25, 0.3) is 0 Å². The lowest BCUT2D eigenvalue weighted by molar-refractivity contribution is -0.117. The maximum atomic E-state index is 11.9. The Morgan fingerprint density at radius 1 is 1.56 bits per heavy atom. The molecule has 6 heteroatoms. The molecule has 1 saturated heterocycles. The van der Waals surface area contributed by atoms with E-state index in [4.69, 9.17) is 16.3 Å². The van der Waals surface area contributed by atoms with Crippen molar-refractivity contribution in [1.29, 1.82) is 0 Å². The molecule has 1 aromatic carbocycles. The van der Waals surface area contributed by atoms with Crippen molar-refractivity contribution in [3.8, 4) is 0 Å². The fourth-order valence-corrected chi connectivity index (χ4v) is 2.79. The zero-order valence-corrected chi connectivity index (χ0v) is 12.0. The summed E-state index contributed by atoms with van der Waals surface area (Å²) in [5, 5.41) is 0.368. The first-order valence-electron chi connectivity index (χ1n) is 5.36. The van der Waals surface area contributed by atoms with Crippen molar-refractivity contribution in [1.82, 2.24) is 0 Å². The Morgan fingerprint density at radius 3 is 2.83 bits per heavy atom. The monoisotopic (exact) mass is 331 g/mol. The van der Waals surface area contributed by atoms with Crippen LogP contribution in [0, 0.1) is 0 Å². The molecule has 1 aromatic rings. The van der Waals surface area contributed by atoms with Gasteiger partial charge in [0.05, 0.1) is 23.4 Å². The van der Waals surface area contributed by atoms with Crippen LogP contribution in [0.3, 0.4) is 0 Å². The minimum absolute atomic E-state index is 0.0601. The molecule has 2 rings (SSSR count). The SMILES string of the molecule is COC(=O)c1cccc(Cl)c1N1CC(Br)CC1=O. The molecule has 0 aliphatic carbocycles. The lowest BCUT2D eigenvalue weighted by atomic mass is 10.1. The van der Waals surface area contributed by atoms with Crippen molar-refractivity contribution in [2.75, 3.05) is 18.6 Å². The topological polar surface area (TPSA) is 46.6 Å². The number of methoxy groups -OCH3 is 1. The van der Waals surface area contributed by atoms with Gasteiger partial charge in [-0.05, 0) is 12.1 Å². The molecule has 0 N–H and O–H groups in total. The minimum atomic E-state index is -0.502. The predicted octanol–water partition coefficient (Wildman–Crippen LogP) is 2.63. The van der Waals surface area contributed by atoms with Crippen LogP contribution >= 0.6 is 27.5 Å². The summed E-state index contributed by atoms with van der Waals surface area (Å²) in [6.45, 7) is 0.493. The zero-order valence-electron chi connectivity index (χ0n) is 9.65. The summed E-state index contributed by atoms with van der Waals surface area (Å²) in [6.07, 6.45) is 0.395. The summed E-state index contributed by atoms with van der Waals surface area (Å²) in [7, 11) is 1.30. The number of hydrogen-bond acceptors (Lipinski definition) is 3. The van der Waals surface area contributed by atoms with Crippen LogP contribution in [0.4, 0.5) is 5.69 Å². The number of rotatable bonds is 2. The summed E-state index contributed by atoms with van der Waals surface area (Å²) in [5.41, 5.74) is 0.734. The van der Waals surface area contributed by atoms with Gasteiger partial charge in [-0.3, -0.25) is 4.79 Å². The van der Waals surface area contributed by atoms with Crippen molar-refractivity contribution in [3.63, 3.8) is 0 Å². The van der Waals surface area contributed by atoms with Gasteiger partial charge in [-0.15, -0.1) is 0 Å². The fourth-order valence-electron chi connectivity index (χ4n) is 1.94. The Balaban J connectivity index is 2.49. The van der Waals surface area contributed by atoms with Crippen LogP contribution in [0.5, 0.6) is 0 Å². The van der Waals surface area contributed by atoms with Gasteiger partial charge in [-0.25, -0.2) is 4.79 Å². The van der Waals surface area contributed by atoms with Gasteiger partial charge >= 0.3 is 5.97 Å². The first-order chi connectivity index (χ1) is 8.54. The van der Waals surface area contributed by atoms with Crippen molar-refractivity contribution in [3.05, 3.63) is 28.8 Å². The van der Waals surface area contributed by atoms with Gasteiger partial charge in [-0.1, -0.05) is 33.6 Å². The summed E-state index contributed by atoms with van der Waals surface area (Å²) in [5.74, 6) is -0.562. The summed E-state index contributed by atoms with van der Waals surface area (Å²) < 4.78 is 4.71. The van der Waals surface area contributed by atoms with Crippen LogP contribution in [-0.2, 0) is 9.53 Å². The van der Waals surface area contributed by atoms with Crippen LogP contribution in [0.1, 0.15) is 16.8 Å². The average molecular weight is 333 g/mol. The predicted molar refractivity (Wildman–Crippen MR) is 72.5 cm³/mol. The van der Waals surface area contributed by atoms with E-state index in [1.54, 1.807) is 18.2 Å². The van der Waals surface area contributed by atoms with E-state index < -0.39 is 5.97 Å². The molecule has 0 radical (unpaired) electrons. The van der Waals surface area contributed by atoms with E-state index in [0.717, 1.165) is 0 Å². The summed E-state index contributed by atoms with van der Waals surface area (Å²) in [6, 6.07) is 4.91. The standard InChI is InChI=1S/C12H11BrClNO3/c1-18-12(17)8-3-2-4-9(14)11(8)15-6-7(13)5-10(15)16/h2-4,7H,5-6H2,1H3. The Labute approximate surface area is 118 Å². The molecule has 4 nitrogen and oxygen atoms in total. The number of carbonyl (C=O) groups excluding carboxylic acids is 2. The van der Waals surface area contributed by atoms with Crippen molar-refractivity contribution in [2.45, 2.75) is 11.2 Å². The number of ether oxygens (including phenoxy) is 1. The van der Waals surface area contributed by atoms with Crippen molar-refractivity contribution < 1.29 is 14.3 Å². The molecule has 18 heavy (non-hydrogen) atoms. The van der Waals surface area contributed by atoms with E-state index in [2.05, 4.69) is 15.9 Å². The molecule has 1 heterocycles. The van der Waals surface area contributed by atoms with E-state index in [1.165, 1.54) is 12.0 Å². The third kappa shape index (κ3) is 2.37. The maximum Gasteiger partial charge on any atom is 0.340 e. The molecule has 1 amide bonds. The molecule has 1 aliphatic heterocycles. The number of para-hydroxylation sites is 1. The second kappa shape index (κ2) is 5.28. The second-order valence-electron chi connectivity index (χ2n) is 3.93. The Bertz CT molecular complexity index is 506. The van der Waals surface area contributed by atoms with Crippen molar-refractivity contribution in [2.24, 2.45) is 0 Å². The van der Waals surface area contributed by atoms with E-state index in [-0.39, 0.29) is 10.7 Å². The van der Waals surface area contributed by atoms with Crippen LogP contribution in [-0.4, -0.2) is 30.4 Å². The number of amides is 1. The summed E-state index contributed by atoms with van der Waals surface area (Å²) in [4.78, 5) is 25.2. The second-order valence-corrected chi connectivity index (χ2v) is 5.64. The lowest BCUT2D eigenvalue weighted by Gasteiger charge is -2.20. The first-order valence-corrected chi connectivity index (χ1v) is 6.65. The molecular weight excluding hydrogens is 321 g/mol. The normalized spacial score (nSPS) is 19.2. The molecule has 1 atom stereocenters. The van der Waals surface area contributed by atoms with Gasteiger partial charge < -0.3 is 9.64 Å². The van der Waals surface area contributed by atoms with Gasteiger partial charge in [0.1, 0.15) is 0 Å². The molecule has 1 aliphatic rings. The Morgan fingerprint density at radius 2 is 2.28 bits per heavy atom. The first kappa shape index (κ1) is 13.4. The van der Waals surface area contributed by atoms with Crippen molar-refractivity contribution >= 4 is 45.1 Å². The third-order valence-corrected chi connectivity index (χ3v) is 3.66. The number of nitrogens with zero attached hydrogens (tertiary/aromatic N) is 1. The number of benzene rings is 1. The van der Waals surface area contributed by atoms with Gasteiger partial charge in [0.25, 0.3) is 0 Å². The highest BCUT2D eigenvalue weighted by molar-refractivity contribution is 9.09. The highest BCUT2D eigenvalue weighted by Gasteiger charge is 2.32. The molecule has 1 fully saturated rings. The number of hydrogen-bond donors (Lipinski definition) is 0. The molecule has 0 saturated carbocycles. The molecule has 1 unspecified atom stereocenters. The Hall–Kier alpha value is -1.07. The van der Waals surface area contributed by atoms with E-state index in [9.17, 15) is 9.59 Å². The highest BCUT2D eigenvalue weighted by Crippen LogP contribution is 2.34. The molecule has 0 aromatic heterocycles. The molecule has 0 bridgehead atoms. The van der Waals surface area contributed by atoms with E-state index in [1.807, 2.05) is 0 Å². The van der Waals surface area contributed by atoms with Crippen LogP contribution in [0.2, 0.25) is 5.02 Å². The van der Waals surface area contributed by atoms with Crippen LogP contribution in [0.15, 0.2) is 18.2 Å². The van der Waals surface area contributed by atoms with E-state index >= 15 is 0 Å². The number of halogens is 2. The van der Waals surface area contributed by atoms with E-state index in [0.29, 0.717) is 29.2 Å². The van der Waals surface area contributed by atoms with Gasteiger partial charge in [0, 0.05) is 17.8 Å². The lowest BCUT2D eigenvalue weighted by Crippen LogP contribution is -2.27. The maximum absolute atomic E-state index is 11.9. The quantitative estimate of drug-likeness (QED) is 0.618. The number of esters is 1. The number of alkyl halides is 1. The van der Waals surface area contributed by atoms with Gasteiger partial charge in [0.15, 0.2) is 0 Å². The minimum Gasteiger partial charge on any atom is -0.465 e. The molecule has 96 valence electrons. The summed E-state index contributed by atoms with van der Waals surface area (Å²) >= 11 is 9.50. The number of anilines is 1. The number of carbonyl (C=O) groups is 2. The molecule has 0 spiro atoms. The smallest absolute Gasteiger partial charge is 0.340 e.